The maximum atomic E-state index is 4.43. The molecule has 3 heterocycles. The van der Waals surface area contributed by atoms with Crippen molar-refractivity contribution in [2.24, 2.45) is 0 Å². The van der Waals surface area contributed by atoms with E-state index in [2.05, 4.69) is 58.8 Å². The molecule has 148 valence electrons. The molecule has 0 saturated heterocycles. The lowest BCUT2D eigenvalue weighted by atomic mass is 10.0. The summed E-state index contributed by atoms with van der Waals surface area (Å²) in [6.07, 6.45) is 4.20. The van der Waals surface area contributed by atoms with Gasteiger partial charge in [-0.1, -0.05) is 17.7 Å². The molecule has 0 unspecified atom stereocenters. The van der Waals surface area contributed by atoms with Gasteiger partial charge in [0.05, 0.1) is 0 Å². The second kappa shape index (κ2) is 9.56. The molecule has 2 aromatic heterocycles. The highest BCUT2D eigenvalue weighted by atomic mass is 35.5. The molecule has 4 rings (SSSR count). The van der Waals surface area contributed by atoms with Gasteiger partial charge in [0, 0.05) is 54.5 Å². The number of benzene rings is 1. The first kappa shape index (κ1) is 23.4. The topological polar surface area (TPSA) is 52.6 Å². The highest BCUT2D eigenvalue weighted by molar-refractivity contribution is 5.86. The number of likely N-dealkylation sites (N-methyl/N-ethyl adjacent to an activating group) is 1. The van der Waals surface area contributed by atoms with Crippen molar-refractivity contribution in [1.82, 2.24) is 14.5 Å². The monoisotopic (exact) mass is 409 g/mol. The Kier molecular flexibility index (Phi) is 8.30. The van der Waals surface area contributed by atoms with E-state index in [9.17, 15) is 0 Å². The van der Waals surface area contributed by atoms with Crippen LogP contribution in [-0.4, -0.2) is 33.5 Å². The largest absolute Gasteiger partial charge is 0.412 e. The zero-order valence-electron chi connectivity index (χ0n) is 16.2. The lowest BCUT2D eigenvalue weighted by molar-refractivity contribution is 0.309. The maximum Gasteiger partial charge on any atom is 0.0486 e. The number of nitrogens with zero attached hydrogens (tertiary/aromatic N) is 3. The van der Waals surface area contributed by atoms with E-state index in [4.69, 9.17) is 0 Å². The Morgan fingerprint density at radius 3 is 2.56 bits per heavy atom. The molecule has 4 nitrogen and oxygen atoms in total. The summed E-state index contributed by atoms with van der Waals surface area (Å²) in [5, 5.41) is 1.44. The fourth-order valence-electron chi connectivity index (χ4n) is 3.84. The van der Waals surface area contributed by atoms with Crippen LogP contribution in [0.4, 0.5) is 0 Å². The van der Waals surface area contributed by atoms with Crippen LogP contribution in [0.3, 0.4) is 0 Å². The van der Waals surface area contributed by atoms with Gasteiger partial charge in [-0.2, -0.15) is 0 Å². The Bertz CT molecular complexity index is 891. The lowest BCUT2D eigenvalue weighted by Gasteiger charge is -2.24. The van der Waals surface area contributed by atoms with Gasteiger partial charge in [-0.25, -0.2) is 0 Å². The number of fused-ring (bicyclic) bond motifs is 3. The van der Waals surface area contributed by atoms with E-state index in [-0.39, 0.29) is 30.3 Å². The van der Waals surface area contributed by atoms with Crippen LogP contribution in [0.25, 0.3) is 10.9 Å². The van der Waals surface area contributed by atoms with Gasteiger partial charge >= 0.3 is 0 Å². The van der Waals surface area contributed by atoms with Crippen molar-refractivity contribution in [3.8, 4) is 0 Å². The van der Waals surface area contributed by atoms with Gasteiger partial charge in [0.25, 0.3) is 0 Å². The second-order valence-corrected chi connectivity index (χ2v) is 7.14. The van der Waals surface area contributed by atoms with Crippen LogP contribution in [0.15, 0.2) is 36.5 Å². The smallest absolute Gasteiger partial charge is 0.0486 e. The molecule has 1 aromatic carbocycles. The fourth-order valence-corrected chi connectivity index (χ4v) is 3.84. The number of hydrogen-bond acceptors (Lipinski definition) is 2. The molecule has 1 aliphatic rings. The van der Waals surface area contributed by atoms with Crippen molar-refractivity contribution in [2.45, 2.75) is 39.8 Å². The Morgan fingerprint density at radius 1 is 1.07 bits per heavy atom. The average molecular weight is 410 g/mol. The molecule has 0 spiro atoms. The zero-order valence-corrected chi connectivity index (χ0v) is 17.8. The zero-order chi connectivity index (χ0) is 16.7. The Balaban J connectivity index is 0.00000121. The predicted molar refractivity (Wildman–Crippen MR) is 118 cm³/mol. The molecule has 0 atom stereocenters. The third-order valence-electron chi connectivity index (χ3n) is 5.20. The number of halogens is 2. The standard InChI is InChI=1S/C21H25N3.2ClH.H2O/c1-15-4-7-20-18(12-15)19-14-23(3)10-9-21(19)24(20)11-8-17-6-5-16(2)22-13-17;;;/h4-7,12-13H,8-11,14H2,1-3H3;2*1H;1H2. The van der Waals surface area contributed by atoms with Crippen LogP contribution >= 0.6 is 24.8 Å². The first-order chi connectivity index (χ1) is 11.6. The number of aromatic nitrogens is 2. The van der Waals surface area contributed by atoms with Gasteiger partial charge in [0.15, 0.2) is 0 Å². The third-order valence-corrected chi connectivity index (χ3v) is 5.20. The molecule has 3 aromatic rings. The molecule has 0 amide bonds. The lowest BCUT2D eigenvalue weighted by Crippen LogP contribution is -2.27. The van der Waals surface area contributed by atoms with Crippen LogP contribution in [0.1, 0.15) is 28.1 Å². The molecular formula is C21H29Cl2N3O. The van der Waals surface area contributed by atoms with E-state index in [1.54, 1.807) is 0 Å². The molecule has 2 N–H and O–H groups in total. The van der Waals surface area contributed by atoms with Crippen molar-refractivity contribution >= 4 is 35.7 Å². The third kappa shape index (κ3) is 4.64. The number of hydrogen-bond donors (Lipinski definition) is 0. The first-order valence-corrected chi connectivity index (χ1v) is 8.82. The van der Waals surface area contributed by atoms with E-state index in [0.717, 1.165) is 38.2 Å². The van der Waals surface area contributed by atoms with Gasteiger partial charge in [-0.15, -0.1) is 24.8 Å². The van der Waals surface area contributed by atoms with E-state index >= 15 is 0 Å². The summed E-state index contributed by atoms with van der Waals surface area (Å²) in [5.41, 5.74) is 8.20. The van der Waals surface area contributed by atoms with E-state index < -0.39 is 0 Å². The molecule has 0 bridgehead atoms. The van der Waals surface area contributed by atoms with Crippen molar-refractivity contribution in [3.05, 3.63) is 64.6 Å². The SMILES string of the molecule is Cc1ccc2c(c1)c1c(n2CCc2ccc(C)nc2)CCN(C)C1.Cl.Cl.O. The summed E-state index contributed by atoms with van der Waals surface area (Å²) in [5.74, 6) is 0. The van der Waals surface area contributed by atoms with Gasteiger partial charge in [-0.3, -0.25) is 4.98 Å². The molecule has 1 aliphatic heterocycles. The number of pyridine rings is 1. The van der Waals surface area contributed by atoms with Crippen LogP contribution in [0.2, 0.25) is 0 Å². The summed E-state index contributed by atoms with van der Waals surface area (Å²) in [7, 11) is 2.22. The van der Waals surface area contributed by atoms with Crippen molar-refractivity contribution in [2.75, 3.05) is 13.6 Å². The molecule has 0 radical (unpaired) electrons. The quantitative estimate of drug-likeness (QED) is 0.658. The average Bonchev–Trinajstić information content (AvgIpc) is 2.87. The van der Waals surface area contributed by atoms with Crippen molar-refractivity contribution in [1.29, 1.82) is 0 Å². The molecular weight excluding hydrogens is 381 g/mol. The van der Waals surface area contributed by atoms with E-state index in [0.29, 0.717) is 0 Å². The summed E-state index contributed by atoms with van der Waals surface area (Å²) in [4.78, 5) is 6.86. The summed E-state index contributed by atoms with van der Waals surface area (Å²) < 4.78 is 2.55. The summed E-state index contributed by atoms with van der Waals surface area (Å²) >= 11 is 0. The van der Waals surface area contributed by atoms with Crippen molar-refractivity contribution < 1.29 is 5.48 Å². The Hall–Kier alpha value is -1.59. The first-order valence-electron chi connectivity index (χ1n) is 8.82. The summed E-state index contributed by atoms with van der Waals surface area (Å²) in [6.45, 7) is 7.47. The van der Waals surface area contributed by atoms with Crippen molar-refractivity contribution in [3.63, 3.8) is 0 Å². The molecule has 0 aliphatic carbocycles. The Labute approximate surface area is 173 Å². The molecule has 0 fully saturated rings. The minimum atomic E-state index is 0. The molecule has 27 heavy (non-hydrogen) atoms. The second-order valence-electron chi connectivity index (χ2n) is 7.14. The van der Waals surface area contributed by atoms with Crippen LogP contribution < -0.4 is 0 Å². The van der Waals surface area contributed by atoms with Crippen LogP contribution in [0.5, 0.6) is 0 Å². The van der Waals surface area contributed by atoms with Gasteiger partial charge in [-0.05, 0) is 56.6 Å². The number of aryl methyl sites for hydroxylation is 4. The van der Waals surface area contributed by atoms with E-state index in [1.807, 2.05) is 13.1 Å². The highest BCUT2D eigenvalue weighted by Crippen LogP contribution is 2.31. The molecule has 0 saturated carbocycles. The number of rotatable bonds is 3. The minimum Gasteiger partial charge on any atom is -0.412 e. The van der Waals surface area contributed by atoms with Gasteiger partial charge < -0.3 is 14.9 Å². The highest BCUT2D eigenvalue weighted by Gasteiger charge is 2.22. The van der Waals surface area contributed by atoms with Gasteiger partial charge in [0.1, 0.15) is 0 Å². The van der Waals surface area contributed by atoms with E-state index in [1.165, 1.54) is 33.3 Å². The predicted octanol–water partition coefficient (Wildman–Crippen LogP) is 3.90. The van der Waals surface area contributed by atoms with Crippen LogP contribution in [-0.2, 0) is 25.9 Å². The molecule has 6 heteroatoms. The Morgan fingerprint density at radius 2 is 1.85 bits per heavy atom. The summed E-state index contributed by atoms with van der Waals surface area (Å²) in [6, 6.07) is 11.2. The fraction of sp³-hybridized carbons (Fsp3) is 0.381. The normalized spacial score (nSPS) is 13.3. The van der Waals surface area contributed by atoms with Gasteiger partial charge in [0.2, 0.25) is 0 Å². The minimum absolute atomic E-state index is 0. The van der Waals surface area contributed by atoms with Crippen LogP contribution in [0, 0.1) is 13.8 Å². The maximum absolute atomic E-state index is 4.43.